The summed E-state index contributed by atoms with van der Waals surface area (Å²) >= 11 is 0. The number of carbonyl (C=O) groups excluding carboxylic acids is 1. The Labute approximate surface area is 120 Å². The summed E-state index contributed by atoms with van der Waals surface area (Å²) in [7, 11) is 0. The van der Waals surface area contributed by atoms with Crippen LogP contribution < -0.4 is 11.1 Å². The molecule has 0 bridgehead atoms. The van der Waals surface area contributed by atoms with Crippen LogP contribution in [-0.2, 0) is 9.53 Å². The summed E-state index contributed by atoms with van der Waals surface area (Å²) in [5, 5.41) is 2.94. The maximum Gasteiger partial charge on any atom is 0.234 e. The zero-order valence-electron chi connectivity index (χ0n) is 11.1. The van der Waals surface area contributed by atoms with Crippen LogP contribution >= 0.6 is 12.4 Å². The summed E-state index contributed by atoms with van der Waals surface area (Å²) in [6, 6.07) is 8.28. The minimum atomic E-state index is -0.123. The van der Waals surface area contributed by atoms with Crippen molar-refractivity contribution in [2.75, 3.05) is 13.2 Å². The Kier molecular flexibility index (Phi) is 6.28. The van der Waals surface area contributed by atoms with Gasteiger partial charge in [0.2, 0.25) is 5.91 Å². The summed E-state index contributed by atoms with van der Waals surface area (Å²) < 4.78 is 5.81. The molecular formula is C14H21ClN2O2. The summed E-state index contributed by atoms with van der Waals surface area (Å²) in [5.41, 5.74) is 7.67. The van der Waals surface area contributed by atoms with Gasteiger partial charge in [-0.1, -0.05) is 29.8 Å². The summed E-state index contributed by atoms with van der Waals surface area (Å²) in [4.78, 5) is 11.4. The molecule has 19 heavy (non-hydrogen) atoms. The van der Waals surface area contributed by atoms with Gasteiger partial charge in [-0.3, -0.25) is 4.79 Å². The van der Waals surface area contributed by atoms with Crippen molar-refractivity contribution in [1.29, 1.82) is 0 Å². The van der Waals surface area contributed by atoms with Gasteiger partial charge >= 0.3 is 0 Å². The molecule has 0 saturated carbocycles. The monoisotopic (exact) mass is 284 g/mol. The lowest BCUT2D eigenvalue weighted by Gasteiger charge is -2.32. The standard InChI is InChI=1S/C14H20N2O2.ClH/c1-10-4-6-11(7-5-10)14-12(3-2-8-18-14)16-13(17)9-15;/h4-7,12,14H,2-3,8-9,15H2,1H3,(H,16,17);1H. The maximum atomic E-state index is 11.4. The fourth-order valence-corrected chi connectivity index (χ4v) is 2.28. The van der Waals surface area contributed by atoms with E-state index in [1.807, 2.05) is 0 Å². The summed E-state index contributed by atoms with van der Waals surface area (Å²) in [5.74, 6) is -0.123. The second-order valence-electron chi connectivity index (χ2n) is 4.72. The molecule has 2 rings (SSSR count). The van der Waals surface area contributed by atoms with Crippen molar-refractivity contribution in [3.8, 4) is 0 Å². The number of hydrogen-bond acceptors (Lipinski definition) is 3. The number of nitrogens with two attached hydrogens (primary N) is 1. The zero-order valence-corrected chi connectivity index (χ0v) is 11.9. The number of nitrogens with one attached hydrogen (secondary N) is 1. The molecule has 2 atom stereocenters. The van der Waals surface area contributed by atoms with Gasteiger partial charge in [0.25, 0.3) is 0 Å². The van der Waals surface area contributed by atoms with Gasteiger partial charge in [-0.25, -0.2) is 0 Å². The van der Waals surface area contributed by atoms with E-state index in [1.54, 1.807) is 0 Å². The minimum absolute atomic E-state index is 0. The predicted molar refractivity (Wildman–Crippen MR) is 77.3 cm³/mol. The fourth-order valence-electron chi connectivity index (χ4n) is 2.28. The van der Waals surface area contributed by atoms with Crippen LogP contribution in [0.1, 0.15) is 30.1 Å². The summed E-state index contributed by atoms with van der Waals surface area (Å²) in [6.45, 7) is 2.82. The van der Waals surface area contributed by atoms with E-state index in [0.717, 1.165) is 25.0 Å². The number of benzene rings is 1. The van der Waals surface area contributed by atoms with Crippen LogP contribution in [-0.4, -0.2) is 25.1 Å². The first-order valence-corrected chi connectivity index (χ1v) is 6.38. The molecule has 3 N–H and O–H groups in total. The maximum absolute atomic E-state index is 11.4. The van der Waals surface area contributed by atoms with E-state index in [2.05, 4.69) is 36.5 Å². The minimum Gasteiger partial charge on any atom is -0.371 e. The molecule has 1 heterocycles. The zero-order chi connectivity index (χ0) is 13.0. The van der Waals surface area contributed by atoms with Crippen molar-refractivity contribution in [3.05, 3.63) is 35.4 Å². The average Bonchev–Trinajstić information content (AvgIpc) is 2.40. The van der Waals surface area contributed by atoms with Crippen LogP contribution in [0.5, 0.6) is 0 Å². The highest BCUT2D eigenvalue weighted by molar-refractivity contribution is 5.85. The topological polar surface area (TPSA) is 64.3 Å². The number of ether oxygens (including phenoxy) is 1. The molecule has 1 aromatic rings. The third-order valence-electron chi connectivity index (χ3n) is 3.26. The van der Waals surface area contributed by atoms with Gasteiger partial charge in [-0.05, 0) is 25.3 Å². The van der Waals surface area contributed by atoms with Crippen molar-refractivity contribution in [2.24, 2.45) is 5.73 Å². The van der Waals surface area contributed by atoms with Gasteiger partial charge in [0.1, 0.15) is 6.10 Å². The van der Waals surface area contributed by atoms with Gasteiger partial charge in [-0.15, -0.1) is 12.4 Å². The molecule has 106 valence electrons. The van der Waals surface area contributed by atoms with Gasteiger partial charge in [0.15, 0.2) is 0 Å². The van der Waals surface area contributed by atoms with Gasteiger partial charge in [0.05, 0.1) is 12.6 Å². The van der Waals surface area contributed by atoms with Crippen LogP contribution in [0.15, 0.2) is 24.3 Å². The highest BCUT2D eigenvalue weighted by Gasteiger charge is 2.28. The number of hydrogen-bond donors (Lipinski definition) is 2. The SMILES string of the molecule is Cc1ccc(C2OCCCC2NC(=O)CN)cc1.Cl. The second kappa shape index (κ2) is 7.48. The highest BCUT2D eigenvalue weighted by Crippen LogP contribution is 2.28. The smallest absolute Gasteiger partial charge is 0.234 e. The van der Waals surface area contributed by atoms with E-state index in [4.69, 9.17) is 10.5 Å². The van der Waals surface area contributed by atoms with Crippen LogP contribution in [0, 0.1) is 6.92 Å². The fraction of sp³-hybridized carbons (Fsp3) is 0.500. The molecule has 1 aliphatic rings. The molecule has 0 aromatic heterocycles. The average molecular weight is 285 g/mol. The van der Waals surface area contributed by atoms with E-state index in [9.17, 15) is 4.79 Å². The molecule has 0 radical (unpaired) electrons. The Morgan fingerprint density at radius 1 is 1.42 bits per heavy atom. The van der Waals surface area contributed by atoms with Crippen molar-refractivity contribution in [2.45, 2.75) is 31.9 Å². The normalized spacial score (nSPS) is 22.4. The van der Waals surface area contributed by atoms with E-state index in [0.29, 0.717) is 0 Å². The highest BCUT2D eigenvalue weighted by atomic mass is 35.5. The summed E-state index contributed by atoms with van der Waals surface area (Å²) in [6.07, 6.45) is 1.84. The quantitative estimate of drug-likeness (QED) is 0.888. The number of amides is 1. The Morgan fingerprint density at radius 3 is 2.74 bits per heavy atom. The van der Waals surface area contributed by atoms with Crippen molar-refractivity contribution < 1.29 is 9.53 Å². The van der Waals surface area contributed by atoms with Gasteiger partial charge < -0.3 is 15.8 Å². The first-order chi connectivity index (χ1) is 8.70. The van der Waals surface area contributed by atoms with E-state index < -0.39 is 0 Å². The van der Waals surface area contributed by atoms with Crippen molar-refractivity contribution >= 4 is 18.3 Å². The molecule has 0 spiro atoms. The van der Waals surface area contributed by atoms with Crippen LogP contribution in [0.2, 0.25) is 0 Å². The first kappa shape index (κ1) is 16.0. The third kappa shape index (κ3) is 4.20. The first-order valence-electron chi connectivity index (χ1n) is 6.38. The molecule has 1 fully saturated rings. The Hall–Kier alpha value is -1.10. The lowest BCUT2D eigenvalue weighted by Crippen LogP contribution is -2.45. The van der Waals surface area contributed by atoms with Crippen LogP contribution in [0.4, 0.5) is 0 Å². The molecule has 1 saturated heterocycles. The van der Waals surface area contributed by atoms with E-state index in [-0.39, 0.29) is 37.0 Å². The van der Waals surface area contributed by atoms with Crippen molar-refractivity contribution in [1.82, 2.24) is 5.32 Å². The number of rotatable bonds is 3. The molecule has 0 aliphatic carbocycles. The lowest BCUT2D eigenvalue weighted by atomic mass is 9.95. The number of halogens is 1. The molecule has 1 aromatic carbocycles. The Bertz CT molecular complexity index is 408. The van der Waals surface area contributed by atoms with Crippen LogP contribution in [0.25, 0.3) is 0 Å². The molecule has 1 aliphatic heterocycles. The van der Waals surface area contributed by atoms with Crippen molar-refractivity contribution in [3.63, 3.8) is 0 Å². The Balaban J connectivity index is 0.00000180. The number of carbonyl (C=O) groups is 1. The number of aryl methyl sites for hydroxylation is 1. The van der Waals surface area contributed by atoms with E-state index in [1.165, 1.54) is 5.56 Å². The predicted octanol–water partition coefficient (Wildman–Crippen LogP) is 1.71. The van der Waals surface area contributed by atoms with Gasteiger partial charge in [0, 0.05) is 6.61 Å². The van der Waals surface area contributed by atoms with E-state index >= 15 is 0 Å². The molecular weight excluding hydrogens is 264 g/mol. The Morgan fingerprint density at radius 2 is 2.11 bits per heavy atom. The largest absolute Gasteiger partial charge is 0.371 e. The second-order valence-corrected chi connectivity index (χ2v) is 4.72. The lowest BCUT2D eigenvalue weighted by molar-refractivity contribution is -0.122. The molecule has 5 heteroatoms. The van der Waals surface area contributed by atoms with Crippen LogP contribution in [0.3, 0.4) is 0 Å². The third-order valence-corrected chi connectivity index (χ3v) is 3.26. The van der Waals surface area contributed by atoms with Gasteiger partial charge in [-0.2, -0.15) is 0 Å². The molecule has 4 nitrogen and oxygen atoms in total. The molecule has 1 amide bonds. The molecule has 2 unspecified atom stereocenters.